The SMILES string of the molecule is O=C(Nc1ccc(N2CCCN(CC(O)COCc3ccccc3)CC2)nc1)c1ccc(F)cc1. The van der Waals surface area contributed by atoms with E-state index in [1.54, 1.807) is 6.20 Å². The van der Waals surface area contributed by atoms with Gasteiger partial charge in [0.2, 0.25) is 0 Å². The van der Waals surface area contributed by atoms with Gasteiger partial charge in [0.25, 0.3) is 5.91 Å². The highest BCUT2D eigenvalue weighted by Gasteiger charge is 2.18. The zero-order chi connectivity index (χ0) is 24.5. The number of benzene rings is 2. The number of hydrogen-bond donors (Lipinski definition) is 2. The average molecular weight is 479 g/mol. The molecule has 1 aliphatic heterocycles. The standard InChI is InChI=1S/C27H31FN4O3/c28-23-9-7-22(8-10-23)27(34)30-24-11-12-26(29-17-24)32-14-4-13-31(15-16-32)18-25(33)20-35-19-21-5-2-1-3-6-21/h1-3,5-12,17,25,33H,4,13-16,18-20H2,(H,30,34). The fourth-order valence-electron chi connectivity index (χ4n) is 4.07. The summed E-state index contributed by atoms with van der Waals surface area (Å²) in [6.45, 7) is 4.76. The van der Waals surface area contributed by atoms with Crippen molar-refractivity contribution in [2.75, 3.05) is 49.5 Å². The number of hydrogen-bond acceptors (Lipinski definition) is 6. The number of β-amino-alcohol motifs (C(OH)–C–C–N with tert-alkyl or cyclic N) is 1. The highest BCUT2D eigenvalue weighted by atomic mass is 19.1. The number of nitrogens with one attached hydrogen (secondary N) is 1. The van der Waals surface area contributed by atoms with E-state index in [2.05, 4.69) is 20.1 Å². The number of carbonyl (C=O) groups is 1. The Kier molecular flexibility index (Phi) is 8.78. The molecule has 3 aromatic rings. The minimum Gasteiger partial charge on any atom is -0.389 e. The maximum Gasteiger partial charge on any atom is 0.255 e. The number of rotatable bonds is 9. The number of aliphatic hydroxyl groups is 1. The molecule has 7 nitrogen and oxygen atoms in total. The predicted octanol–water partition coefficient (Wildman–Crippen LogP) is 3.56. The van der Waals surface area contributed by atoms with Gasteiger partial charge in [-0.15, -0.1) is 0 Å². The van der Waals surface area contributed by atoms with Crippen molar-refractivity contribution in [2.45, 2.75) is 19.1 Å². The molecule has 1 fully saturated rings. The van der Waals surface area contributed by atoms with Gasteiger partial charge in [-0.2, -0.15) is 0 Å². The van der Waals surface area contributed by atoms with Gasteiger partial charge in [0.05, 0.1) is 31.2 Å². The van der Waals surface area contributed by atoms with Crippen LogP contribution >= 0.6 is 0 Å². The normalized spacial score (nSPS) is 15.4. The maximum atomic E-state index is 13.1. The molecule has 0 aliphatic carbocycles. The molecule has 1 saturated heterocycles. The smallest absolute Gasteiger partial charge is 0.255 e. The number of halogens is 1. The van der Waals surface area contributed by atoms with Crippen molar-refractivity contribution < 1.29 is 19.0 Å². The molecule has 1 aromatic heterocycles. The Morgan fingerprint density at radius 2 is 1.83 bits per heavy atom. The van der Waals surface area contributed by atoms with Crippen molar-refractivity contribution in [1.82, 2.24) is 9.88 Å². The van der Waals surface area contributed by atoms with Crippen LogP contribution in [-0.4, -0.2) is 66.3 Å². The van der Waals surface area contributed by atoms with E-state index in [0.29, 0.717) is 31.0 Å². The lowest BCUT2D eigenvalue weighted by molar-refractivity contribution is 0.0109. The lowest BCUT2D eigenvalue weighted by Gasteiger charge is -2.24. The summed E-state index contributed by atoms with van der Waals surface area (Å²) in [4.78, 5) is 21.3. The number of pyridine rings is 1. The third kappa shape index (κ3) is 7.58. The minimum atomic E-state index is -0.535. The van der Waals surface area contributed by atoms with Crippen molar-refractivity contribution in [2.24, 2.45) is 0 Å². The van der Waals surface area contributed by atoms with E-state index in [1.165, 1.54) is 24.3 Å². The summed E-state index contributed by atoms with van der Waals surface area (Å²) in [5.41, 5.74) is 2.06. The monoisotopic (exact) mass is 478 g/mol. The molecular formula is C27H31FN4O3. The second kappa shape index (κ2) is 12.4. The molecule has 0 radical (unpaired) electrons. The summed E-state index contributed by atoms with van der Waals surface area (Å²) in [6.07, 6.45) is 2.06. The zero-order valence-electron chi connectivity index (χ0n) is 19.6. The second-order valence-corrected chi connectivity index (χ2v) is 8.66. The predicted molar refractivity (Wildman–Crippen MR) is 134 cm³/mol. The van der Waals surface area contributed by atoms with E-state index in [1.807, 2.05) is 42.5 Å². The average Bonchev–Trinajstić information content (AvgIpc) is 3.11. The molecule has 0 saturated carbocycles. The highest BCUT2D eigenvalue weighted by Crippen LogP contribution is 2.17. The molecule has 1 amide bonds. The van der Waals surface area contributed by atoms with Crippen LogP contribution in [0.5, 0.6) is 0 Å². The Morgan fingerprint density at radius 3 is 2.57 bits per heavy atom. The third-order valence-corrected chi connectivity index (χ3v) is 5.92. The number of nitrogens with zero attached hydrogens (tertiary/aromatic N) is 3. The number of carbonyl (C=O) groups excluding carboxylic acids is 1. The third-order valence-electron chi connectivity index (χ3n) is 5.92. The number of ether oxygens (including phenoxy) is 1. The molecule has 2 N–H and O–H groups in total. The lowest BCUT2D eigenvalue weighted by Crippen LogP contribution is -2.37. The second-order valence-electron chi connectivity index (χ2n) is 8.66. The van der Waals surface area contributed by atoms with Crippen LogP contribution in [0.1, 0.15) is 22.3 Å². The summed E-state index contributed by atoms with van der Waals surface area (Å²) < 4.78 is 18.7. The number of anilines is 2. The summed E-state index contributed by atoms with van der Waals surface area (Å²) >= 11 is 0. The Hall–Kier alpha value is -3.33. The largest absolute Gasteiger partial charge is 0.389 e. The molecule has 184 valence electrons. The van der Waals surface area contributed by atoms with Crippen molar-refractivity contribution >= 4 is 17.4 Å². The van der Waals surface area contributed by atoms with E-state index in [0.717, 1.165) is 44.0 Å². The van der Waals surface area contributed by atoms with E-state index in [4.69, 9.17) is 4.74 Å². The first-order valence-electron chi connectivity index (χ1n) is 11.9. The fraction of sp³-hybridized carbons (Fsp3) is 0.333. The van der Waals surface area contributed by atoms with E-state index >= 15 is 0 Å². The van der Waals surface area contributed by atoms with Crippen LogP contribution in [-0.2, 0) is 11.3 Å². The summed E-state index contributed by atoms with van der Waals surface area (Å²) in [7, 11) is 0. The molecule has 35 heavy (non-hydrogen) atoms. The van der Waals surface area contributed by atoms with Crippen LogP contribution in [0.4, 0.5) is 15.9 Å². The molecule has 1 aliphatic rings. The van der Waals surface area contributed by atoms with Crippen molar-refractivity contribution in [1.29, 1.82) is 0 Å². The fourth-order valence-corrected chi connectivity index (χ4v) is 4.07. The van der Waals surface area contributed by atoms with Crippen LogP contribution in [0.2, 0.25) is 0 Å². The maximum absolute atomic E-state index is 13.1. The highest BCUT2D eigenvalue weighted by molar-refractivity contribution is 6.04. The first kappa shape index (κ1) is 24.8. The van der Waals surface area contributed by atoms with Crippen molar-refractivity contribution in [3.63, 3.8) is 0 Å². The van der Waals surface area contributed by atoms with Crippen LogP contribution in [0.25, 0.3) is 0 Å². The lowest BCUT2D eigenvalue weighted by atomic mass is 10.2. The molecular weight excluding hydrogens is 447 g/mol. The molecule has 2 heterocycles. The summed E-state index contributed by atoms with van der Waals surface area (Å²) in [5.74, 6) is 0.157. The van der Waals surface area contributed by atoms with Crippen LogP contribution in [0, 0.1) is 5.82 Å². The Morgan fingerprint density at radius 1 is 1.03 bits per heavy atom. The summed E-state index contributed by atoms with van der Waals surface area (Å²) in [6, 6.07) is 19.1. The molecule has 2 aromatic carbocycles. The minimum absolute atomic E-state index is 0.307. The van der Waals surface area contributed by atoms with Crippen molar-refractivity contribution in [3.8, 4) is 0 Å². The number of amides is 1. The number of aliphatic hydroxyl groups excluding tert-OH is 1. The first-order chi connectivity index (χ1) is 17.1. The quantitative estimate of drug-likeness (QED) is 0.490. The topological polar surface area (TPSA) is 77.9 Å². The van der Waals surface area contributed by atoms with E-state index < -0.39 is 6.10 Å². The molecule has 1 atom stereocenters. The van der Waals surface area contributed by atoms with Gasteiger partial charge in [-0.1, -0.05) is 30.3 Å². The zero-order valence-corrected chi connectivity index (χ0v) is 19.6. The Balaban J connectivity index is 1.22. The van der Waals surface area contributed by atoms with Gasteiger partial charge in [0, 0.05) is 31.7 Å². The Labute approximate surface area is 205 Å². The van der Waals surface area contributed by atoms with Crippen LogP contribution in [0.15, 0.2) is 72.9 Å². The van der Waals surface area contributed by atoms with Crippen LogP contribution < -0.4 is 10.2 Å². The van der Waals surface area contributed by atoms with Crippen LogP contribution in [0.3, 0.4) is 0 Å². The molecule has 4 rings (SSSR count). The summed E-state index contributed by atoms with van der Waals surface area (Å²) in [5, 5.41) is 13.2. The van der Waals surface area contributed by atoms with Gasteiger partial charge in [-0.05, 0) is 54.9 Å². The Bertz CT molecular complexity index is 1060. The molecule has 0 bridgehead atoms. The van der Waals surface area contributed by atoms with Gasteiger partial charge >= 0.3 is 0 Å². The van der Waals surface area contributed by atoms with Gasteiger partial charge < -0.3 is 20.1 Å². The molecule has 8 heteroatoms. The van der Waals surface area contributed by atoms with Crippen molar-refractivity contribution in [3.05, 3.63) is 89.9 Å². The number of aromatic nitrogens is 1. The van der Waals surface area contributed by atoms with Gasteiger partial charge in [-0.25, -0.2) is 9.37 Å². The van der Waals surface area contributed by atoms with Gasteiger partial charge in [0.15, 0.2) is 0 Å². The van der Waals surface area contributed by atoms with E-state index in [-0.39, 0.29) is 11.7 Å². The van der Waals surface area contributed by atoms with E-state index in [9.17, 15) is 14.3 Å². The molecule has 0 spiro atoms. The first-order valence-corrected chi connectivity index (χ1v) is 11.9. The molecule has 1 unspecified atom stereocenters. The van der Waals surface area contributed by atoms with Gasteiger partial charge in [0.1, 0.15) is 11.6 Å². The van der Waals surface area contributed by atoms with Gasteiger partial charge in [-0.3, -0.25) is 9.69 Å².